The SMILES string of the molecule is CCCNC1(C(=O)O)CCC(N2CC3CCC(C2)O3)C1. The maximum atomic E-state index is 11.7. The Bertz CT molecular complexity index is 364. The summed E-state index contributed by atoms with van der Waals surface area (Å²) >= 11 is 0. The molecule has 3 aliphatic rings. The summed E-state index contributed by atoms with van der Waals surface area (Å²) in [5, 5.41) is 12.9. The molecule has 2 heterocycles. The van der Waals surface area contributed by atoms with Crippen LogP contribution in [-0.4, -0.2) is 59.4 Å². The molecular formula is C15H26N2O3. The zero-order chi connectivity index (χ0) is 14.2. The van der Waals surface area contributed by atoms with Gasteiger partial charge < -0.3 is 15.2 Å². The van der Waals surface area contributed by atoms with Gasteiger partial charge in [-0.2, -0.15) is 0 Å². The Balaban J connectivity index is 1.64. The van der Waals surface area contributed by atoms with Crippen LogP contribution in [0.15, 0.2) is 0 Å². The van der Waals surface area contributed by atoms with E-state index in [0.717, 1.165) is 45.3 Å². The fourth-order valence-corrected chi connectivity index (χ4v) is 4.07. The number of likely N-dealkylation sites (tertiary alicyclic amines) is 1. The Morgan fingerprint density at radius 2 is 2.05 bits per heavy atom. The first-order valence-corrected chi connectivity index (χ1v) is 8.01. The number of fused-ring (bicyclic) bond motifs is 2. The molecule has 2 saturated heterocycles. The molecular weight excluding hydrogens is 256 g/mol. The first-order chi connectivity index (χ1) is 9.63. The van der Waals surface area contributed by atoms with E-state index in [4.69, 9.17) is 4.74 Å². The molecule has 2 aliphatic heterocycles. The summed E-state index contributed by atoms with van der Waals surface area (Å²) in [7, 11) is 0. The summed E-state index contributed by atoms with van der Waals surface area (Å²) in [4.78, 5) is 14.2. The molecule has 4 atom stereocenters. The lowest BCUT2D eigenvalue weighted by Crippen LogP contribution is -2.53. The van der Waals surface area contributed by atoms with Gasteiger partial charge in [-0.25, -0.2) is 0 Å². The molecule has 3 rings (SSSR count). The number of ether oxygens (including phenoxy) is 1. The van der Waals surface area contributed by atoms with Crippen LogP contribution in [0.25, 0.3) is 0 Å². The highest BCUT2D eigenvalue weighted by atomic mass is 16.5. The number of hydrogen-bond donors (Lipinski definition) is 2. The van der Waals surface area contributed by atoms with Crippen molar-refractivity contribution in [2.24, 2.45) is 0 Å². The van der Waals surface area contributed by atoms with Crippen molar-refractivity contribution in [1.29, 1.82) is 0 Å². The van der Waals surface area contributed by atoms with Crippen molar-refractivity contribution < 1.29 is 14.6 Å². The molecule has 0 aromatic rings. The molecule has 1 aliphatic carbocycles. The van der Waals surface area contributed by atoms with Gasteiger partial charge in [-0.1, -0.05) is 6.92 Å². The number of carbonyl (C=O) groups is 1. The number of rotatable bonds is 5. The summed E-state index contributed by atoms with van der Waals surface area (Å²) in [6, 6.07) is 0.405. The first-order valence-electron chi connectivity index (χ1n) is 8.01. The van der Waals surface area contributed by atoms with Crippen LogP contribution in [0.5, 0.6) is 0 Å². The van der Waals surface area contributed by atoms with E-state index in [1.807, 2.05) is 0 Å². The fourth-order valence-electron chi connectivity index (χ4n) is 4.07. The normalized spacial score (nSPS) is 41.1. The van der Waals surface area contributed by atoms with Crippen LogP contribution in [0, 0.1) is 0 Å². The monoisotopic (exact) mass is 282 g/mol. The Morgan fingerprint density at radius 3 is 2.65 bits per heavy atom. The van der Waals surface area contributed by atoms with Gasteiger partial charge in [0, 0.05) is 19.1 Å². The van der Waals surface area contributed by atoms with Gasteiger partial charge in [0.15, 0.2) is 0 Å². The summed E-state index contributed by atoms with van der Waals surface area (Å²) in [5.74, 6) is -0.676. The standard InChI is InChI=1S/C15H26N2O3/c1-2-7-16-15(14(18)19)6-5-11(8-15)17-9-12-3-4-13(10-17)20-12/h11-13,16H,2-10H2,1H3,(H,18,19). The maximum absolute atomic E-state index is 11.7. The number of hydrogen-bond acceptors (Lipinski definition) is 4. The van der Waals surface area contributed by atoms with E-state index in [2.05, 4.69) is 17.1 Å². The molecule has 1 saturated carbocycles. The highest BCUT2D eigenvalue weighted by molar-refractivity contribution is 5.79. The van der Waals surface area contributed by atoms with E-state index in [1.165, 1.54) is 12.8 Å². The third kappa shape index (κ3) is 2.59. The quantitative estimate of drug-likeness (QED) is 0.794. The van der Waals surface area contributed by atoms with E-state index in [-0.39, 0.29) is 0 Å². The Labute approximate surface area is 120 Å². The van der Waals surface area contributed by atoms with E-state index in [9.17, 15) is 9.90 Å². The molecule has 0 amide bonds. The van der Waals surface area contributed by atoms with Gasteiger partial charge >= 0.3 is 5.97 Å². The number of carboxylic acids is 1. The molecule has 2 N–H and O–H groups in total. The lowest BCUT2D eigenvalue weighted by atomic mass is 9.97. The van der Waals surface area contributed by atoms with Crippen molar-refractivity contribution >= 4 is 5.97 Å². The molecule has 3 fully saturated rings. The van der Waals surface area contributed by atoms with E-state index in [0.29, 0.717) is 18.2 Å². The van der Waals surface area contributed by atoms with E-state index in [1.54, 1.807) is 0 Å². The Kier molecular flexibility index (Phi) is 4.02. The molecule has 5 heteroatoms. The molecule has 114 valence electrons. The first kappa shape index (κ1) is 14.3. The number of nitrogens with one attached hydrogen (secondary N) is 1. The lowest BCUT2D eigenvalue weighted by molar-refractivity contribution is -0.145. The summed E-state index contributed by atoms with van der Waals surface area (Å²) in [6.07, 6.45) is 6.57. The summed E-state index contributed by atoms with van der Waals surface area (Å²) in [6.45, 7) is 4.84. The van der Waals surface area contributed by atoms with Crippen LogP contribution in [0.1, 0.15) is 45.4 Å². The van der Waals surface area contributed by atoms with E-state index >= 15 is 0 Å². The van der Waals surface area contributed by atoms with Crippen LogP contribution < -0.4 is 5.32 Å². The highest BCUT2D eigenvalue weighted by Crippen LogP contribution is 2.37. The Hall–Kier alpha value is -0.650. The fraction of sp³-hybridized carbons (Fsp3) is 0.933. The Morgan fingerprint density at radius 1 is 1.35 bits per heavy atom. The third-order valence-electron chi connectivity index (χ3n) is 5.20. The van der Waals surface area contributed by atoms with Gasteiger partial charge in [0.1, 0.15) is 5.54 Å². The third-order valence-corrected chi connectivity index (χ3v) is 5.20. The minimum atomic E-state index is -0.696. The van der Waals surface area contributed by atoms with Gasteiger partial charge in [-0.3, -0.25) is 9.69 Å². The topological polar surface area (TPSA) is 61.8 Å². The van der Waals surface area contributed by atoms with Gasteiger partial charge in [-0.05, 0) is 45.1 Å². The smallest absolute Gasteiger partial charge is 0.323 e. The largest absolute Gasteiger partial charge is 0.480 e. The van der Waals surface area contributed by atoms with Gasteiger partial charge in [0.2, 0.25) is 0 Å². The minimum Gasteiger partial charge on any atom is -0.480 e. The molecule has 0 aromatic carbocycles. The van der Waals surface area contributed by atoms with Crippen LogP contribution >= 0.6 is 0 Å². The average molecular weight is 282 g/mol. The van der Waals surface area contributed by atoms with Crippen molar-refractivity contribution in [3.63, 3.8) is 0 Å². The molecule has 4 unspecified atom stereocenters. The zero-order valence-electron chi connectivity index (χ0n) is 12.3. The molecule has 0 spiro atoms. The second kappa shape index (κ2) is 5.62. The second-order valence-electron chi connectivity index (χ2n) is 6.62. The number of morpholine rings is 1. The molecule has 0 radical (unpaired) electrons. The zero-order valence-corrected chi connectivity index (χ0v) is 12.3. The van der Waals surface area contributed by atoms with Crippen LogP contribution in [0.4, 0.5) is 0 Å². The van der Waals surface area contributed by atoms with Gasteiger partial charge in [0.25, 0.3) is 0 Å². The molecule has 0 aromatic heterocycles. The van der Waals surface area contributed by atoms with Crippen molar-refractivity contribution in [2.45, 2.75) is 69.2 Å². The van der Waals surface area contributed by atoms with Crippen molar-refractivity contribution in [2.75, 3.05) is 19.6 Å². The highest BCUT2D eigenvalue weighted by Gasteiger charge is 2.48. The van der Waals surface area contributed by atoms with Crippen LogP contribution in [0.2, 0.25) is 0 Å². The van der Waals surface area contributed by atoms with Crippen LogP contribution in [0.3, 0.4) is 0 Å². The van der Waals surface area contributed by atoms with Crippen molar-refractivity contribution in [3.05, 3.63) is 0 Å². The summed E-state index contributed by atoms with van der Waals surface area (Å²) in [5.41, 5.74) is -0.696. The molecule has 5 nitrogen and oxygen atoms in total. The number of nitrogens with zero attached hydrogens (tertiary/aromatic N) is 1. The predicted molar refractivity (Wildman–Crippen MR) is 75.8 cm³/mol. The van der Waals surface area contributed by atoms with E-state index < -0.39 is 11.5 Å². The van der Waals surface area contributed by atoms with Crippen molar-refractivity contribution in [3.8, 4) is 0 Å². The summed E-state index contributed by atoms with van der Waals surface area (Å²) < 4.78 is 5.88. The lowest BCUT2D eigenvalue weighted by Gasteiger charge is -2.37. The number of carboxylic acid groups (broad SMARTS) is 1. The number of aliphatic carboxylic acids is 1. The predicted octanol–water partition coefficient (Wildman–Crippen LogP) is 1.23. The van der Waals surface area contributed by atoms with Gasteiger partial charge in [0.05, 0.1) is 12.2 Å². The minimum absolute atomic E-state index is 0.386. The average Bonchev–Trinajstić information content (AvgIpc) is 3.01. The van der Waals surface area contributed by atoms with Gasteiger partial charge in [-0.15, -0.1) is 0 Å². The van der Waals surface area contributed by atoms with Crippen LogP contribution in [-0.2, 0) is 9.53 Å². The second-order valence-corrected chi connectivity index (χ2v) is 6.62. The maximum Gasteiger partial charge on any atom is 0.323 e. The van der Waals surface area contributed by atoms with Crippen molar-refractivity contribution in [1.82, 2.24) is 10.2 Å². The molecule has 20 heavy (non-hydrogen) atoms. The molecule has 2 bridgehead atoms.